The molecule has 1 amide bonds. The van der Waals surface area contributed by atoms with E-state index in [9.17, 15) is 4.79 Å². The molecule has 1 fully saturated rings. The lowest BCUT2D eigenvalue weighted by Crippen LogP contribution is -2.24. The van der Waals surface area contributed by atoms with E-state index >= 15 is 0 Å². The third-order valence-corrected chi connectivity index (χ3v) is 3.09. The van der Waals surface area contributed by atoms with E-state index in [1.165, 1.54) is 0 Å². The van der Waals surface area contributed by atoms with Crippen LogP contribution in [0.25, 0.3) is 0 Å². The fourth-order valence-corrected chi connectivity index (χ4v) is 2.18. The van der Waals surface area contributed by atoms with Crippen molar-refractivity contribution < 1.29 is 4.79 Å². The number of alkyl halides is 1. The Hall–Kier alpha value is -1.06. The first-order valence-corrected chi connectivity index (χ1v) is 5.82. The highest BCUT2D eigenvalue weighted by atomic mass is 35.5. The molecule has 0 radical (unpaired) electrons. The van der Waals surface area contributed by atoms with Gasteiger partial charge in [0.25, 0.3) is 0 Å². The van der Waals surface area contributed by atoms with Crippen molar-refractivity contribution in [1.29, 1.82) is 0 Å². The van der Waals surface area contributed by atoms with Crippen LogP contribution in [0.4, 0.5) is 0 Å². The molecule has 0 aromatic heterocycles. The Bertz CT molecular complexity index is 377. The molecule has 0 bridgehead atoms. The van der Waals surface area contributed by atoms with Crippen molar-refractivity contribution in [2.24, 2.45) is 5.73 Å². The van der Waals surface area contributed by atoms with E-state index in [0.29, 0.717) is 26.1 Å². The third-order valence-electron chi connectivity index (χ3n) is 2.80. The minimum Gasteiger partial charge on any atom is -0.337 e. The molecule has 1 heterocycles. The van der Waals surface area contributed by atoms with Crippen LogP contribution in [-0.2, 0) is 17.9 Å². The first-order valence-electron chi connectivity index (χ1n) is 5.39. The molecule has 0 saturated carbocycles. The zero-order chi connectivity index (χ0) is 11.5. The van der Waals surface area contributed by atoms with Crippen molar-refractivity contribution >= 4 is 17.5 Å². The molecular weight excluding hydrogens is 224 g/mol. The molecule has 0 spiro atoms. The van der Waals surface area contributed by atoms with Gasteiger partial charge in [-0.3, -0.25) is 4.79 Å². The Balaban J connectivity index is 2.01. The lowest BCUT2D eigenvalue weighted by molar-refractivity contribution is -0.128. The molecule has 1 aromatic carbocycles. The first kappa shape index (κ1) is 11.4. The summed E-state index contributed by atoms with van der Waals surface area (Å²) in [6.07, 6.45) is 0.461. The van der Waals surface area contributed by atoms with Crippen LogP contribution in [-0.4, -0.2) is 22.7 Å². The molecule has 1 aliphatic rings. The molecule has 3 nitrogen and oxygen atoms in total. The van der Waals surface area contributed by atoms with Crippen LogP contribution in [0.1, 0.15) is 17.5 Å². The third kappa shape index (κ3) is 2.54. The summed E-state index contributed by atoms with van der Waals surface area (Å²) >= 11 is 5.94. The van der Waals surface area contributed by atoms with Gasteiger partial charge < -0.3 is 10.6 Å². The van der Waals surface area contributed by atoms with Crippen molar-refractivity contribution in [2.75, 3.05) is 6.54 Å². The first-order chi connectivity index (χ1) is 7.69. The number of carbonyl (C=O) groups excluding carboxylic acids is 1. The highest BCUT2D eigenvalue weighted by Crippen LogP contribution is 2.19. The number of hydrogen-bond acceptors (Lipinski definition) is 2. The Morgan fingerprint density at radius 2 is 1.94 bits per heavy atom. The summed E-state index contributed by atoms with van der Waals surface area (Å²) in [4.78, 5) is 13.3. The standard InChI is InChI=1S/C12H15ClN2O/c13-11-5-12(16)15(8-11)7-10-3-1-9(6-14)2-4-10/h1-4,11H,5-8,14H2. The normalized spacial score (nSPS) is 20.5. The van der Waals surface area contributed by atoms with E-state index < -0.39 is 0 Å². The molecule has 2 N–H and O–H groups in total. The topological polar surface area (TPSA) is 46.3 Å². The smallest absolute Gasteiger partial charge is 0.224 e. The minimum atomic E-state index is -0.0317. The molecule has 1 unspecified atom stereocenters. The lowest BCUT2D eigenvalue weighted by Gasteiger charge is -2.15. The Labute approximate surface area is 100 Å². The van der Waals surface area contributed by atoms with Crippen LogP contribution in [0.15, 0.2) is 24.3 Å². The average Bonchev–Trinajstić information content (AvgIpc) is 2.59. The average molecular weight is 239 g/mol. The molecular formula is C12H15ClN2O. The fourth-order valence-electron chi connectivity index (χ4n) is 1.88. The summed E-state index contributed by atoms with van der Waals surface area (Å²) in [6.45, 7) is 1.85. The molecule has 1 atom stereocenters. The summed E-state index contributed by atoms with van der Waals surface area (Å²) in [5.74, 6) is 0.142. The Kier molecular flexibility index (Phi) is 3.46. The van der Waals surface area contributed by atoms with Crippen LogP contribution >= 0.6 is 11.6 Å². The van der Waals surface area contributed by atoms with E-state index in [1.807, 2.05) is 24.3 Å². The monoisotopic (exact) mass is 238 g/mol. The maximum atomic E-state index is 11.5. The van der Waals surface area contributed by atoms with Gasteiger partial charge in [-0.15, -0.1) is 11.6 Å². The Morgan fingerprint density at radius 1 is 1.31 bits per heavy atom. The van der Waals surface area contributed by atoms with Crippen molar-refractivity contribution in [3.8, 4) is 0 Å². The summed E-state index contributed by atoms with van der Waals surface area (Å²) in [7, 11) is 0. The number of nitrogens with two attached hydrogens (primary N) is 1. The van der Waals surface area contributed by atoms with Gasteiger partial charge in [-0.1, -0.05) is 24.3 Å². The Morgan fingerprint density at radius 3 is 2.44 bits per heavy atom. The van der Waals surface area contributed by atoms with Gasteiger partial charge in [-0.25, -0.2) is 0 Å². The summed E-state index contributed by atoms with van der Waals surface area (Å²) in [5, 5.41) is -0.0317. The highest BCUT2D eigenvalue weighted by Gasteiger charge is 2.27. The second-order valence-corrected chi connectivity index (χ2v) is 4.71. The van der Waals surface area contributed by atoms with Crippen molar-refractivity contribution in [3.63, 3.8) is 0 Å². The molecule has 1 aromatic rings. The number of likely N-dealkylation sites (tertiary alicyclic amines) is 1. The van der Waals surface area contributed by atoms with Crippen LogP contribution in [0, 0.1) is 0 Å². The summed E-state index contributed by atoms with van der Waals surface area (Å²) in [6, 6.07) is 8.01. The molecule has 2 rings (SSSR count). The zero-order valence-corrected chi connectivity index (χ0v) is 9.78. The largest absolute Gasteiger partial charge is 0.337 e. The van der Waals surface area contributed by atoms with Crippen LogP contribution in [0.5, 0.6) is 0 Å². The predicted molar refractivity (Wildman–Crippen MR) is 64.0 cm³/mol. The van der Waals surface area contributed by atoms with E-state index in [1.54, 1.807) is 4.90 Å². The molecule has 86 valence electrons. The second-order valence-electron chi connectivity index (χ2n) is 4.10. The molecule has 1 saturated heterocycles. The summed E-state index contributed by atoms with van der Waals surface area (Å²) in [5.41, 5.74) is 7.75. The second kappa shape index (κ2) is 4.85. The van der Waals surface area contributed by atoms with Gasteiger partial charge in [0.15, 0.2) is 0 Å². The quantitative estimate of drug-likeness (QED) is 0.811. The number of carbonyl (C=O) groups is 1. The summed E-state index contributed by atoms with van der Waals surface area (Å²) < 4.78 is 0. The lowest BCUT2D eigenvalue weighted by atomic mass is 10.1. The van der Waals surface area contributed by atoms with Gasteiger partial charge in [0.05, 0.1) is 5.38 Å². The molecule has 0 aliphatic carbocycles. The van der Waals surface area contributed by atoms with Crippen LogP contribution < -0.4 is 5.73 Å². The van der Waals surface area contributed by atoms with Gasteiger partial charge in [-0.05, 0) is 11.1 Å². The SMILES string of the molecule is NCc1ccc(CN2CC(Cl)CC2=O)cc1. The van der Waals surface area contributed by atoms with Gasteiger partial charge in [0.1, 0.15) is 0 Å². The predicted octanol–water partition coefficient (Wildman–Crippen LogP) is 1.49. The minimum absolute atomic E-state index is 0.0317. The maximum Gasteiger partial charge on any atom is 0.224 e. The van der Waals surface area contributed by atoms with Crippen molar-refractivity contribution in [1.82, 2.24) is 4.90 Å². The van der Waals surface area contributed by atoms with Crippen molar-refractivity contribution in [3.05, 3.63) is 35.4 Å². The van der Waals surface area contributed by atoms with Gasteiger partial charge >= 0.3 is 0 Å². The highest BCUT2D eigenvalue weighted by molar-refractivity contribution is 6.22. The van der Waals surface area contributed by atoms with E-state index in [0.717, 1.165) is 11.1 Å². The van der Waals surface area contributed by atoms with Crippen molar-refractivity contribution in [2.45, 2.75) is 24.9 Å². The molecule has 1 aliphatic heterocycles. The number of amides is 1. The zero-order valence-electron chi connectivity index (χ0n) is 9.03. The van der Waals surface area contributed by atoms with E-state index in [-0.39, 0.29) is 11.3 Å². The van der Waals surface area contributed by atoms with E-state index in [4.69, 9.17) is 17.3 Å². The van der Waals surface area contributed by atoms with Crippen LogP contribution in [0.2, 0.25) is 0 Å². The number of benzene rings is 1. The van der Waals surface area contributed by atoms with Gasteiger partial charge in [0.2, 0.25) is 5.91 Å². The van der Waals surface area contributed by atoms with Gasteiger partial charge in [-0.2, -0.15) is 0 Å². The fraction of sp³-hybridized carbons (Fsp3) is 0.417. The van der Waals surface area contributed by atoms with E-state index in [2.05, 4.69) is 0 Å². The van der Waals surface area contributed by atoms with Gasteiger partial charge in [0, 0.05) is 26.1 Å². The maximum absolute atomic E-state index is 11.5. The number of hydrogen-bond donors (Lipinski definition) is 1. The number of nitrogens with zero attached hydrogens (tertiary/aromatic N) is 1. The van der Waals surface area contributed by atoms with Crippen LogP contribution in [0.3, 0.4) is 0 Å². The number of rotatable bonds is 3. The molecule has 4 heteroatoms. The molecule has 16 heavy (non-hydrogen) atoms. The number of halogens is 1.